The van der Waals surface area contributed by atoms with E-state index in [0.29, 0.717) is 29.5 Å². The van der Waals surface area contributed by atoms with E-state index in [2.05, 4.69) is 27.2 Å². The summed E-state index contributed by atoms with van der Waals surface area (Å²) in [5, 5.41) is 4.91. The van der Waals surface area contributed by atoms with Crippen molar-refractivity contribution >= 4 is 34.2 Å². The fourth-order valence-electron chi connectivity index (χ4n) is 6.03. The van der Waals surface area contributed by atoms with Gasteiger partial charge in [-0.05, 0) is 75.9 Å². The summed E-state index contributed by atoms with van der Waals surface area (Å²) in [7, 11) is 3.75. The van der Waals surface area contributed by atoms with Crippen LogP contribution in [0.2, 0.25) is 5.02 Å². The molecule has 0 radical (unpaired) electrons. The largest absolute Gasteiger partial charge is 0.480 e. The smallest absolute Gasteiger partial charge is 0.224 e. The van der Waals surface area contributed by atoms with Gasteiger partial charge in [0.1, 0.15) is 11.6 Å². The summed E-state index contributed by atoms with van der Waals surface area (Å²) in [6.45, 7) is 4.02. The second kappa shape index (κ2) is 12.3. The number of methoxy groups -OCH3 is 1. The van der Waals surface area contributed by atoms with E-state index in [1.807, 2.05) is 31.2 Å². The van der Waals surface area contributed by atoms with Gasteiger partial charge in [-0.3, -0.25) is 9.59 Å². The highest BCUT2D eigenvalue weighted by Gasteiger charge is 2.58. The first-order valence-electron chi connectivity index (χ1n) is 14.5. The first-order valence-corrected chi connectivity index (χ1v) is 14.9. The average Bonchev–Trinajstić information content (AvgIpc) is 3.44. The van der Waals surface area contributed by atoms with Gasteiger partial charge in [0, 0.05) is 29.2 Å². The number of hydrogen-bond donors (Lipinski definition) is 2. The number of carbonyl (C=O) groups is 2. The Morgan fingerprint density at radius 1 is 1.23 bits per heavy atom. The monoisotopic (exact) mass is 565 g/mol. The van der Waals surface area contributed by atoms with Crippen LogP contribution >= 0.6 is 11.6 Å². The number of ketones is 1. The molecule has 1 aliphatic carbocycles. The highest BCUT2D eigenvalue weighted by Crippen LogP contribution is 2.59. The molecule has 5 rings (SSSR count). The molecule has 2 atom stereocenters. The summed E-state index contributed by atoms with van der Waals surface area (Å²) in [6, 6.07) is 7.38. The lowest BCUT2D eigenvalue weighted by molar-refractivity contribution is -0.124. The number of imidazole rings is 1. The van der Waals surface area contributed by atoms with E-state index in [4.69, 9.17) is 21.3 Å². The van der Waals surface area contributed by atoms with Gasteiger partial charge in [0.25, 0.3) is 0 Å². The van der Waals surface area contributed by atoms with Crippen LogP contribution in [0, 0.1) is 11.3 Å². The van der Waals surface area contributed by atoms with Gasteiger partial charge < -0.3 is 19.9 Å². The van der Waals surface area contributed by atoms with Gasteiger partial charge in [-0.15, -0.1) is 0 Å². The molecule has 2 fully saturated rings. The Labute approximate surface area is 241 Å². The lowest BCUT2D eigenvalue weighted by Gasteiger charge is -2.30. The van der Waals surface area contributed by atoms with Crippen molar-refractivity contribution in [1.82, 2.24) is 25.2 Å². The second-order valence-electron chi connectivity index (χ2n) is 11.5. The minimum Gasteiger partial charge on any atom is -0.480 e. The van der Waals surface area contributed by atoms with E-state index >= 15 is 0 Å². The predicted molar refractivity (Wildman–Crippen MR) is 157 cm³/mol. The van der Waals surface area contributed by atoms with Crippen LogP contribution in [0.25, 0.3) is 22.2 Å². The Hall–Kier alpha value is -2.97. The Bertz CT molecular complexity index is 1360. The second-order valence-corrected chi connectivity index (χ2v) is 12.0. The van der Waals surface area contributed by atoms with E-state index in [1.165, 1.54) is 0 Å². The van der Waals surface area contributed by atoms with Gasteiger partial charge in [-0.25, -0.2) is 9.97 Å². The number of rotatable bonds is 12. The van der Waals surface area contributed by atoms with Crippen LogP contribution in [0.5, 0.6) is 5.88 Å². The number of H-pyrrole nitrogens is 1. The van der Waals surface area contributed by atoms with E-state index in [0.717, 1.165) is 86.0 Å². The number of Topliss-reactive ketones (excluding diaryl/α,β-unsaturated/α-hetero) is 1. The molecule has 1 aliphatic heterocycles. The van der Waals surface area contributed by atoms with Gasteiger partial charge in [-0.2, -0.15) is 0 Å². The third-order valence-corrected chi connectivity index (χ3v) is 9.04. The number of aromatic nitrogens is 3. The number of piperidine rings is 1. The van der Waals surface area contributed by atoms with Gasteiger partial charge in [0.05, 0.1) is 36.1 Å². The lowest BCUT2D eigenvalue weighted by Crippen LogP contribution is -2.36. The van der Waals surface area contributed by atoms with Crippen LogP contribution < -0.4 is 10.1 Å². The molecular weight excluding hydrogens is 526 g/mol. The Kier molecular flexibility index (Phi) is 8.76. The van der Waals surface area contributed by atoms with Crippen LogP contribution in [0.1, 0.15) is 76.6 Å². The zero-order valence-electron chi connectivity index (χ0n) is 23.8. The summed E-state index contributed by atoms with van der Waals surface area (Å²) in [5.41, 5.74) is 2.50. The number of likely N-dealkylation sites (tertiary alicyclic amines) is 1. The Balaban J connectivity index is 1.33. The van der Waals surface area contributed by atoms with Crippen LogP contribution in [0.3, 0.4) is 0 Å². The first kappa shape index (κ1) is 28.6. The van der Waals surface area contributed by atoms with Gasteiger partial charge in [-0.1, -0.05) is 37.4 Å². The van der Waals surface area contributed by atoms with E-state index in [1.54, 1.807) is 13.3 Å². The SMILES string of the molecule is CCC(=O)CCCCC[C@H](NC(=O)[C@H]1CC12CCN(C)CC2)c1ncc(-c2cc3ccc(Cl)cc3nc2OC)[nH]1. The Morgan fingerprint density at radius 2 is 2.02 bits per heavy atom. The standard InChI is InChI=1S/C31H40ClN5O3/c1-4-22(38)8-6-5-7-9-25(35-29(39)24-18-31(24)12-14-37(2)15-13-31)28-33-19-27(34-28)23-16-20-10-11-21(32)17-26(20)36-30(23)40-3/h10-11,16-17,19,24-25H,4-9,12-15,18H2,1-3H3,(H,33,34)(H,35,39)/t24-,25+/m1/s1. The molecule has 0 unspecified atom stereocenters. The average molecular weight is 566 g/mol. The maximum absolute atomic E-state index is 13.5. The number of amides is 1. The predicted octanol–water partition coefficient (Wildman–Crippen LogP) is 6.11. The minimum atomic E-state index is -0.231. The van der Waals surface area contributed by atoms with Crippen molar-refractivity contribution in [1.29, 1.82) is 0 Å². The lowest BCUT2D eigenvalue weighted by atomic mass is 9.91. The van der Waals surface area contributed by atoms with Crippen molar-refractivity contribution in [2.45, 2.75) is 70.8 Å². The topological polar surface area (TPSA) is 100 Å². The highest BCUT2D eigenvalue weighted by molar-refractivity contribution is 6.31. The molecule has 0 bridgehead atoms. The highest BCUT2D eigenvalue weighted by atomic mass is 35.5. The zero-order chi connectivity index (χ0) is 28.3. The van der Waals surface area contributed by atoms with Crippen LogP contribution in [0.15, 0.2) is 30.5 Å². The quantitative estimate of drug-likeness (QED) is 0.257. The number of carbonyl (C=O) groups excluding carboxylic acids is 2. The van der Waals surface area contributed by atoms with Gasteiger partial charge in [0.15, 0.2) is 0 Å². The maximum Gasteiger partial charge on any atom is 0.224 e. The maximum atomic E-state index is 13.5. The molecular formula is C31H40ClN5O3. The van der Waals surface area contributed by atoms with Crippen LogP contribution in [-0.4, -0.2) is 58.8 Å². The third-order valence-electron chi connectivity index (χ3n) is 8.80. The van der Waals surface area contributed by atoms with Crippen LogP contribution in [-0.2, 0) is 9.59 Å². The summed E-state index contributed by atoms with van der Waals surface area (Å²) in [6.07, 6.45) is 9.62. The minimum absolute atomic E-state index is 0.0805. The van der Waals surface area contributed by atoms with Crippen molar-refractivity contribution in [3.05, 3.63) is 41.3 Å². The van der Waals surface area contributed by atoms with Crippen molar-refractivity contribution in [2.24, 2.45) is 11.3 Å². The molecule has 3 aromatic rings. The number of hydrogen-bond acceptors (Lipinski definition) is 6. The number of unbranched alkanes of at least 4 members (excludes halogenated alkanes) is 2. The van der Waals surface area contributed by atoms with Gasteiger partial charge >= 0.3 is 0 Å². The molecule has 1 saturated heterocycles. The third kappa shape index (κ3) is 6.33. The molecule has 2 N–H and O–H groups in total. The fraction of sp³-hybridized carbons (Fsp3) is 0.548. The summed E-state index contributed by atoms with van der Waals surface area (Å²) in [5.74, 6) is 1.72. The van der Waals surface area contributed by atoms with Crippen molar-refractivity contribution in [2.75, 3.05) is 27.2 Å². The molecule has 1 spiro atoms. The number of benzene rings is 1. The molecule has 8 nitrogen and oxygen atoms in total. The molecule has 214 valence electrons. The van der Waals surface area contributed by atoms with Crippen molar-refractivity contribution in [3.8, 4) is 17.1 Å². The van der Waals surface area contributed by atoms with Crippen molar-refractivity contribution in [3.63, 3.8) is 0 Å². The molecule has 1 aromatic carbocycles. The molecule has 1 saturated carbocycles. The molecule has 3 heterocycles. The van der Waals surface area contributed by atoms with Crippen molar-refractivity contribution < 1.29 is 14.3 Å². The molecule has 1 amide bonds. The number of halogens is 1. The van der Waals surface area contributed by atoms with Crippen LogP contribution in [0.4, 0.5) is 0 Å². The van der Waals surface area contributed by atoms with Gasteiger partial charge in [0.2, 0.25) is 11.8 Å². The number of pyridine rings is 1. The number of nitrogens with zero attached hydrogens (tertiary/aromatic N) is 3. The summed E-state index contributed by atoms with van der Waals surface area (Å²) < 4.78 is 5.61. The number of fused-ring (bicyclic) bond motifs is 1. The molecule has 2 aliphatic rings. The Morgan fingerprint density at radius 3 is 2.77 bits per heavy atom. The summed E-state index contributed by atoms with van der Waals surface area (Å²) >= 11 is 6.17. The molecule has 9 heteroatoms. The zero-order valence-corrected chi connectivity index (χ0v) is 24.5. The van der Waals surface area contributed by atoms with E-state index in [-0.39, 0.29) is 23.3 Å². The molecule has 40 heavy (non-hydrogen) atoms. The number of nitrogens with one attached hydrogen (secondary N) is 2. The van der Waals surface area contributed by atoms with E-state index in [9.17, 15) is 9.59 Å². The molecule has 2 aromatic heterocycles. The normalized spacial score (nSPS) is 19.1. The number of ether oxygens (including phenoxy) is 1. The fourth-order valence-corrected chi connectivity index (χ4v) is 6.20. The van der Waals surface area contributed by atoms with E-state index < -0.39 is 0 Å². The first-order chi connectivity index (χ1) is 19.3. The number of aromatic amines is 1. The summed E-state index contributed by atoms with van der Waals surface area (Å²) in [4.78, 5) is 40.3.